The van der Waals surface area contributed by atoms with Crippen molar-refractivity contribution in [2.24, 2.45) is 17.8 Å². The van der Waals surface area contributed by atoms with Gasteiger partial charge in [-0.25, -0.2) is 0 Å². The predicted octanol–water partition coefficient (Wildman–Crippen LogP) is 1.44. The van der Waals surface area contributed by atoms with Gasteiger partial charge in [0.05, 0.1) is 19.3 Å². The molecule has 134 valence electrons. The maximum Gasteiger partial charge on any atom is 0.234 e. The molecule has 5 heteroatoms. The van der Waals surface area contributed by atoms with Gasteiger partial charge in [-0.05, 0) is 24.2 Å². The van der Waals surface area contributed by atoms with E-state index in [1.807, 2.05) is 0 Å². The molecule has 2 fully saturated rings. The molecule has 0 aromatic carbocycles. The summed E-state index contributed by atoms with van der Waals surface area (Å²) in [6.45, 7) is 16.1. The summed E-state index contributed by atoms with van der Waals surface area (Å²) in [7, 11) is 0. The monoisotopic (exact) mass is 325 g/mol. The summed E-state index contributed by atoms with van der Waals surface area (Å²) in [6.07, 6.45) is 1.41. The molecular formula is C18H35N3O2. The zero-order valence-electron chi connectivity index (χ0n) is 15.4. The van der Waals surface area contributed by atoms with Gasteiger partial charge in [0.1, 0.15) is 0 Å². The quantitative estimate of drug-likeness (QED) is 0.803. The Bertz CT molecular complexity index is 365. The first-order chi connectivity index (χ1) is 10.9. The minimum Gasteiger partial charge on any atom is -0.374 e. The summed E-state index contributed by atoms with van der Waals surface area (Å²) in [5.41, 5.74) is 0. The molecule has 2 saturated heterocycles. The number of piperidine rings is 1. The van der Waals surface area contributed by atoms with Crippen LogP contribution in [-0.4, -0.2) is 74.2 Å². The second kappa shape index (κ2) is 9.00. The van der Waals surface area contributed by atoms with Crippen LogP contribution in [0.15, 0.2) is 0 Å². The summed E-state index contributed by atoms with van der Waals surface area (Å²) in [5, 5.41) is 3.07. The van der Waals surface area contributed by atoms with Gasteiger partial charge in [0.25, 0.3) is 0 Å². The number of nitrogens with zero attached hydrogens (tertiary/aromatic N) is 2. The SMILES string of the molecule is CC(C)CN1CCOC(CNC(=O)CN2CC(C)CC(C)C2)C1. The van der Waals surface area contributed by atoms with Crippen molar-refractivity contribution in [1.82, 2.24) is 15.1 Å². The van der Waals surface area contributed by atoms with Gasteiger partial charge in [-0.1, -0.05) is 27.7 Å². The van der Waals surface area contributed by atoms with Crippen LogP contribution in [0.5, 0.6) is 0 Å². The molecule has 2 heterocycles. The van der Waals surface area contributed by atoms with Crippen molar-refractivity contribution in [1.29, 1.82) is 0 Å². The third kappa shape index (κ3) is 6.77. The van der Waals surface area contributed by atoms with Crippen molar-refractivity contribution in [2.75, 3.05) is 52.4 Å². The summed E-state index contributed by atoms with van der Waals surface area (Å²) < 4.78 is 5.79. The van der Waals surface area contributed by atoms with Crippen LogP contribution >= 0.6 is 0 Å². The Morgan fingerprint density at radius 3 is 2.52 bits per heavy atom. The number of nitrogens with one attached hydrogen (secondary N) is 1. The summed E-state index contributed by atoms with van der Waals surface area (Å²) >= 11 is 0. The zero-order chi connectivity index (χ0) is 16.8. The topological polar surface area (TPSA) is 44.8 Å². The fourth-order valence-electron chi connectivity index (χ4n) is 3.99. The second-order valence-electron chi connectivity index (χ2n) is 8.09. The third-order valence-corrected chi connectivity index (χ3v) is 4.68. The minimum atomic E-state index is 0.130. The van der Waals surface area contributed by atoms with E-state index >= 15 is 0 Å². The van der Waals surface area contributed by atoms with Gasteiger partial charge in [-0.2, -0.15) is 0 Å². The van der Waals surface area contributed by atoms with E-state index in [9.17, 15) is 4.79 Å². The van der Waals surface area contributed by atoms with E-state index in [4.69, 9.17) is 4.74 Å². The van der Waals surface area contributed by atoms with Crippen LogP contribution in [-0.2, 0) is 9.53 Å². The lowest BCUT2D eigenvalue weighted by Gasteiger charge is -2.35. The number of likely N-dealkylation sites (tertiary alicyclic amines) is 1. The van der Waals surface area contributed by atoms with E-state index in [-0.39, 0.29) is 12.0 Å². The van der Waals surface area contributed by atoms with Gasteiger partial charge in [-0.3, -0.25) is 14.6 Å². The summed E-state index contributed by atoms with van der Waals surface area (Å²) in [4.78, 5) is 16.9. The molecular weight excluding hydrogens is 290 g/mol. The minimum absolute atomic E-state index is 0.130. The maximum atomic E-state index is 12.2. The fraction of sp³-hybridized carbons (Fsp3) is 0.944. The van der Waals surface area contributed by atoms with Crippen molar-refractivity contribution in [2.45, 2.75) is 40.2 Å². The normalized spacial score (nSPS) is 30.6. The van der Waals surface area contributed by atoms with Gasteiger partial charge in [0.15, 0.2) is 0 Å². The average Bonchev–Trinajstić information content (AvgIpc) is 2.43. The van der Waals surface area contributed by atoms with Crippen LogP contribution in [0.4, 0.5) is 0 Å². The molecule has 0 saturated carbocycles. The largest absolute Gasteiger partial charge is 0.374 e. The maximum absolute atomic E-state index is 12.2. The lowest BCUT2D eigenvalue weighted by atomic mass is 9.92. The van der Waals surface area contributed by atoms with Crippen LogP contribution in [0.2, 0.25) is 0 Å². The zero-order valence-corrected chi connectivity index (χ0v) is 15.4. The van der Waals surface area contributed by atoms with Crippen molar-refractivity contribution in [3.8, 4) is 0 Å². The Morgan fingerprint density at radius 2 is 1.87 bits per heavy atom. The molecule has 2 aliphatic heterocycles. The molecule has 0 radical (unpaired) electrons. The molecule has 2 aliphatic rings. The van der Waals surface area contributed by atoms with E-state index in [2.05, 4.69) is 42.8 Å². The first kappa shape index (κ1) is 18.7. The van der Waals surface area contributed by atoms with Crippen LogP contribution in [0.3, 0.4) is 0 Å². The van der Waals surface area contributed by atoms with Crippen LogP contribution in [0.25, 0.3) is 0 Å². The number of rotatable bonds is 6. The molecule has 1 N–H and O–H groups in total. The first-order valence-electron chi connectivity index (χ1n) is 9.25. The average molecular weight is 325 g/mol. The van der Waals surface area contributed by atoms with E-state index in [1.54, 1.807) is 0 Å². The molecule has 0 aromatic rings. The Balaban J connectivity index is 1.67. The molecule has 3 atom stereocenters. The number of morpholine rings is 1. The van der Waals surface area contributed by atoms with Crippen molar-refractivity contribution in [3.63, 3.8) is 0 Å². The van der Waals surface area contributed by atoms with Crippen molar-refractivity contribution in [3.05, 3.63) is 0 Å². The molecule has 0 bridgehead atoms. The number of carbonyl (C=O) groups excluding carboxylic acids is 1. The molecule has 0 aliphatic carbocycles. The van der Waals surface area contributed by atoms with Crippen molar-refractivity contribution >= 4 is 5.91 Å². The smallest absolute Gasteiger partial charge is 0.234 e. The van der Waals surface area contributed by atoms with Crippen LogP contribution < -0.4 is 5.32 Å². The van der Waals surface area contributed by atoms with E-state index in [0.29, 0.717) is 30.8 Å². The highest BCUT2D eigenvalue weighted by Gasteiger charge is 2.24. The summed E-state index contributed by atoms with van der Waals surface area (Å²) in [6, 6.07) is 0. The predicted molar refractivity (Wildman–Crippen MR) is 93.4 cm³/mol. The lowest BCUT2D eigenvalue weighted by Crippen LogP contribution is -2.50. The summed E-state index contributed by atoms with van der Waals surface area (Å²) in [5.74, 6) is 2.19. The van der Waals surface area contributed by atoms with Gasteiger partial charge >= 0.3 is 0 Å². The third-order valence-electron chi connectivity index (χ3n) is 4.68. The molecule has 5 nitrogen and oxygen atoms in total. The lowest BCUT2D eigenvalue weighted by molar-refractivity contribution is -0.124. The number of amides is 1. The van der Waals surface area contributed by atoms with Gasteiger partial charge < -0.3 is 10.1 Å². The van der Waals surface area contributed by atoms with E-state index in [1.165, 1.54) is 6.42 Å². The first-order valence-corrected chi connectivity index (χ1v) is 9.25. The highest BCUT2D eigenvalue weighted by Crippen LogP contribution is 2.20. The molecule has 0 spiro atoms. The highest BCUT2D eigenvalue weighted by molar-refractivity contribution is 5.78. The van der Waals surface area contributed by atoms with Crippen LogP contribution in [0, 0.1) is 17.8 Å². The molecule has 3 unspecified atom stereocenters. The number of hydrogen-bond acceptors (Lipinski definition) is 4. The van der Waals surface area contributed by atoms with Crippen molar-refractivity contribution < 1.29 is 9.53 Å². The van der Waals surface area contributed by atoms with Gasteiger partial charge in [-0.15, -0.1) is 0 Å². The standard InChI is InChI=1S/C18H35N3O2/c1-14(2)9-20-5-6-23-17(12-20)8-19-18(22)13-21-10-15(3)7-16(4)11-21/h14-17H,5-13H2,1-4H3,(H,19,22). The molecule has 23 heavy (non-hydrogen) atoms. The Kier molecular flexibility index (Phi) is 7.31. The second-order valence-corrected chi connectivity index (χ2v) is 8.09. The van der Waals surface area contributed by atoms with E-state index in [0.717, 1.165) is 39.3 Å². The highest BCUT2D eigenvalue weighted by atomic mass is 16.5. The molecule has 2 rings (SSSR count). The molecule has 0 aromatic heterocycles. The number of ether oxygens (including phenoxy) is 1. The fourth-order valence-corrected chi connectivity index (χ4v) is 3.99. The molecule has 1 amide bonds. The Hall–Kier alpha value is -0.650. The number of hydrogen-bond donors (Lipinski definition) is 1. The van der Waals surface area contributed by atoms with Crippen LogP contribution in [0.1, 0.15) is 34.1 Å². The van der Waals surface area contributed by atoms with Gasteiger partial charge in [0.2, 0.25) is 5.91 Å². The Morgan fingerprint density at radius 1 is 1.17 bits per heavy atom. The van der Waals surface area contributed by atoms with Gasteiger partial charge in [0, 0.05) is 39.3 Å². The van der Waals surface area contributed by atoms with E-state index < -0.39 is 0 Å². The number of carbonyl (C=O) groups is 1. The Labute approximate surface area is 141 Å².